The summed E-state index contributed by atoms with van der Waals surface area (Å²) in [6.07, 6.45) is 1.97. The lowest BCUT2D eigenvalue weighted by atomic mass is 10.1. The fourth-order valence-electron chi connectivity index (χ4n) is 2.70. The first-order valence-electron chi connectivity index (χ1n) is 8.14. The number of halogens is 2. The molecule has 138 valence electrons. The first kappa shape index (κ1) is 18.2. The van der Waals surface area contributed by atoms with E-state index in [9.17, 15) is 18.4 Å². The third-order valence-electron chi connectivity index (χ3n) is 4.01. The molecule has 0 aliphatic heterocycles. The predicted octanol–water partition coefficient (Wildman–Crippen LogP) is 3.06. The molecule has 0 saturated heterocycles. The van der Waals surface area contributed by atoms with Crippen molar-refractivity contribution in [1.82, 2.24) is 9.78 Å². The van der Waals surface area contributed by atoms with Gasteiger partial charge in [-0.3, -0.25) is 9.59 Å². The molecule has 0 saturated carbocycles. The summed E-state index contributed by atoms with van der Waals surface area (Å²) in [6, 6.07) is 9.34. The Morgan fingerprint density at radius 2 is 1.81 bits per heavy atom. The van der Waals surface area contributed by atoms with Crippen LogP contribution in [0, 0.1) is 11.6 Å². The molecular formula is C19H16F2N4O2. The molecule has 6 nitrogen and oxygen atoms in total. The summed E-state index contributed by atoms with van der Waals surface area (Å²) in [4.78, 5) is 23.6. The lowest BCUT2D eigenvalue weighted by Gasteiger charge is -2.09. The normalized spacial score (nSPS) is 10.6. The maximum absolute atomic E-state index is 13.7. The lowest BCUT2D eigenvalue weighted by molar-refractivity contribution is 0.0996. The van der Waals surface area contributed by atoms with Crippen molar-refractivity contribution in [1.29, 1.82) is 0 Å². The molecule has 2 amide bonds. The molecule has 3 N–H and O–H groups in total. The second-order valence-corrected chi connectivity index (χ2v) is 5.76. The number of aromatic nitrogens is 2. The Morgan fingerprint density at radius 1 is 1.11 bits per heavy atom. The predicted molar refractivity (Wildman–Crippen MR) is 95.8 cm³/mol. The van der Waals surface area contributed by atoms with Crippen LogP contribution < -0.4 is 11.1 Å². The molecule has 0 fully saturated rings. The van der Waals surface area contributed by atoms with Gasteiger partial charge in [0, 0.05) is 11.8 Å². The molecule has 0 aliphatic carbocycles. The summed E-state index contributed by atoms with van der Waals surface area (Å²) in [5.41, 5.74) is 7.20. The number of carbonyl (C=O) groups is 2. The van der Waals surface area contributed by atoms with Crippen molar-refractivity contribution < 1.29 is 18.4 Å². The third-order valence-corrected chi connectivity index (χ3v) is 4.01. The highest BCUT2D eigenvalue weighted by Gasteiger charge is 2.15. The average Bonchev–Trinajstić information content (AvgIpc) is 3.06. The van der Waals surface area contributed by atoms with Crippen LogP contribution >= 0.6 is 0 Å². The maximum atomic E-state index is 13.7. The highest BCUT2D eigenvalue weighted by atomic mass is 19.1. The Kier molecular flexibility index (Phi) is 4.98. The van der Waals surface area contributed by atoms with Crippen molar-refractivity contribution in [3.63, 3.8) is 0 Å². The number of hydrogen-bond acceptors (Lipinski definition) is 3. The first-order valence-corrected chi connectivity index (χ1v) is 8.14. The van der Waals surface area contributed by atoms with Crippen LogP contribution in [0.25, 0.3) is 5.69 Å². The van der Waals surface area contributed by atoms with E-state index < -0.39 is 23.4 Å². The van der Waals surface area contributed by atoms with Gasteiger partial charge in [-0.2, -0.15) is 5.10 Å². The molecule has 3 rings (SSSR count). The van der Waals surface area contributed by atoms with Crippen LogP contribution in [-0.4, -0.2) is 21.6 Å². The number of nitrogens with two attached hydrogens (primary N) is 1. The van der Waals surface area contributed by atoms with E-state index in [0.717, 1.165) is 12.1 Å². The third kappa shape index (κ3) is 3.69. The zero-order valence-electron chi connectivity index (χ0n) is 14.4. The number of amides is 2. The van der Waals surface area contributed by atoms with E-state index in [1.54, 1.807) is 28.9 Å². The zero-order chi connectivity index (χ0) is 19.6. The minimum Gasteiger partial charge on any atom is -0.365 e. The first-order chi connectivity index (χ1) is 12.9. The molecule has 0 atom stereocenters. The SMILES string of the molecule is CCc1c(C(N)=O)cnn1-c1ccc(NC(=O)c2ccc(F)cc2F)cc1. The highest BCUT2D eigenvalue weighted by Crippen LogP contribution is 2.19. The van der Waals surface area contributed by atoms with Gasteiger partial charge < -0.3 is 11.1 Å². The summed E-state index contributed by atoms with van der Waals surface area (Å²) < 4.78 is 28.2. The Morgan fingerprint density at radius 3 is 2.41 bits per heavy atom. The minimum atomic E-state index is -0.938. The van der Waals surface area contributed by atoms with Crippen LogP contribution in [0.5, 0.6) is 0 Å². The molecule has 1 aromatic heterocycles. The largest absolute Gasteiger partial charge is 0.365 e. The Labute approximate surface area is 153 Å². The van der Waals surface area contributed by atoms with Gasteiger partial charge in [-0.1, -0.05) is 6.92 Å². The van der Waals surface area contributed by atoms with E-state index >= 15 is 0 Å². The lowest BCUT2D eigenvalue weighted by Crippen LogP contribution is -2.14. The maximum Gasteiger partial charge on any atom is 0.258 e. The minimum absolute atomic E-state index is 0.257. The van der Waals surface area contributed by atoms with Gasteiger partial charge in [0.1, 0.15) is 11.6 Å². The number of carbonyl (C=O) groups excluding carboxylic acids is 2. The zero-order valence-corrected chi connectivity index (χ0v) is 14.4. The number of benzene rings is 2. The van der Waals surface area contributed by atoms with Gasteiger partial charge in [-0.15, -0.1) is 0 Å². The summed E-state index contributed by atoms with van der Waals surface area (Å²) >= 11 is 0. The number of primary amides is 1. The summed E-state index contributed by atoms with van der Waals surface area (Å²) in [6.45, 7) is 1.88. The summed E-state index contributed by atoms with van der Waals surface area (Å²) in [5, 5.41) is 6.72. The fourth-order valence-corrected chi connectivity index (χ4v) is 2.70. The van der Waals surface area contributed by atoms with Gasteiger partial charge in [-0.05, 0) is 42.8 Å². The van der Waals surface area contributed by atoms with Crippen LogP contribution in [0.15, 0.2) is 48.7 Å². The van der Waals surface area contributed by atoms with Gasteiger partial charge in [0.05, 0.1) is 28.7 Å². The van der Waals surface area contributed by atoms with Gasteiger partial charge >= 0.3 is 0 Å². The molecule has 3 aromatic rings. The second kappa shape index (κ2) is 7.36. The summed E-state index contributed by atoms with van der Waals surface area (Å²) in [7, 11) is 0. The van der Waals surface area contributed by atoms with E-state index in [1.807, 2.05) is 6.92 Å². The molecule has 1 heterocycles. The number of anilines is 1. The number of rotatable bonds is 5. The topological polar surface area (TPSA) is 90.0 Å². The highest BCUT2D eigenvalue weighted by molar-refractivity contribution is 6.04. The molecule has 0 bridgehead atoms. The summed E-state index contributed by atoms with van der Waals surface area (Å²) in [5.74, 6) is -2.94. The van der Waals surface area contributed by atoms with Crippen molar-refractivity contribution in [2.24, 2.45) is 5.73 Å². The molecule has 0 unspecified atom stereocenters. The van der Waals surface area contributed by atoms with E-state index in [0.29, 0.717) is 35.1 Å². The molecule has 8 heteroatoms. The Bertz CT molecular complexity index is 1010. The second-order valence-electron chi connectivity index (χ2n) is 5.76. The van der Waals surface area contributed by atoms with Crippen LogP contribution in [0.3, 0.4) is 0 Å². The van der Waals surface area contributed by atoms with Gasteiger partial charge in [0.15, 0.2) is 0 Å². The van der Waals surface area contributed by atoms with Crippen LogP contribution in [0.4, 0.5) is 14.5 Å². The van der Waals surface area contributed by atoms with Crippen LogP contribution in [0.2, 0.25) is 0 Å². The van der Waals surface area contributed by atoms with E-state index in [2.05, 4.69) is 10.4 Å². The standard InChI is InChI=1S/C19H16F2N4O2/c1-2-17-15(18(22)26)10-23-25(17)13-6-4-12(5-7-13)24-19(27)14-8-3-11(20)9-16(14)21/h3-10H,2H2,1H3,(H2,22,26)(H,24,27). The molecule has 0 spiro atoms. The van der Waals surface area contributed by atoms with Crippen molar-refractivity contribution in [3.05, 3.63) is 77.1 Å². The Balaban J connectivity index is 1.82. The molecule has 27 heavy (non-hydrogen) atoms. The molecule has 0 radical (unpaired) electrons. The van der Waals surface area contributed by atoms with Crippen molar-refractivity contribution in [2.75, 3.05) is 5.32 Å². The van der Waals surface area contributed by atoms with Crippen molar-refractivity contribution >= 4 is 17.5 Å². The molecule has 2 aromatic carbocycles. The number of hydrogen-bond donors (Lipinski definition) is 2. The van der Waals surface area contributed by atoms with Crippen LogP contribution in [0.1, 0.15) is 33.3 Å². The van der Waals surface area contributed by atoms with Gasteiger partial charge in [0.25, 0.3) is 11.8 Å². The average molecular weight is 370 g/mol. The monoisotopic (exact) mass is 370 g/mol. The van der Waals surface area contributed by atoms with Crippen LogP contribution in [-0.2, 0) is 6.42 Å². The van der Waals surface area contributed by atoms with Crippen molar-refractivity contribution in [3.8, 4) is 5.69 Å². The van der Waals surface area contributed by atoms with E-state index in [1.165, 1.54) is 6.20 Å². The number of nitrogens with one attached hydrogen (secondary N) is 1. The van der Waals surface area contributed by atoms with E-state index in [4.69, 9.17) is 5.73 Å². The Hall–Kier alpha value is -3.55. The molecular weight excluding hydrogens is 354 g/mol. The number of nitrogens with zero attached hydrogens (tertiary/aromatic N) is 2. The fraction of sp³-hybridized carbons (Fsp3) is 0.105. The quantitative estimate of drug-likeness (QED) is 0.723. The van der Waals surface area contributed by atoms with Crippen molar-refractivity contribution in [2.45, 2.75) is 13.3 Å². The van der Waals surface area contributed by atoms with Gasteiger partial charge in [-0.25, -0.2) is 13.5 Å². The smallest absolute Gasteiger partial charge is 0.258 e. The van der Waals surface area contributed by atoms with Gasteiger partial charge in [0.2, 0.25) is 0 Å². The van der Waals surface area contributed by atoms with E-state index in [-0.39, 0.29) is 5.56 Å². The molecule has 0 aliphatic rings.